The van der Waals surface area contributed by atoms with Crippen molar-refractivity contribution in [1.29, 1.82) is 0 Å². The Hall–Kier alpha value is -2.45. The van der Waals surface area contributed by atoms with Gasteiger partial charge in [-0.2, -0.15) is 9.61 Å². The molecule has 8 heteroatoms. The molecule has 0 spiro atoms. The molecule has 0 bridgehead atoms. The van der Waals surface area contributed by atoms with Crippen LogP contribution >= 0.6 is 0 Å². The third-order valence-electron chi connectivity index (χ3n) is 4.63. The van der Waals surface area contributed by atoms with Crippen LogP contribution in [-0.4, -0.2) is 50.3 Å². The van der Waals surface area contributed by atoms with Crippen molar-refractivity contribution in [2.75, 3.05) is 37.4 Å². The lowest BCUT2D eigenvalue weighted by molar-refractivity contribution is 0.603. The van der Waals surface area contributed by atoms with Gasteiger partial charge in [0.25, 0.3) is 0 Å². The zero-order chi connectivity index (χ0) is 19.0. The molecule has 1 aliphatic rings. The highest BCUT2D eigenvalue weighted by atomic mass is 32.2. The summed E-state index contributed by atoms with van der Waals surface area (Å²) in [6.45, 7) is 4.06. The lowest BCUT2D eigenvalue weighted by atomic mass is 10.3. The molecule has 1 atom stereocenters. The molecule has 27 heavy (non-hydrogen) atoms. The Balaban J connectivity index is 1.67. The van der Waals surface area contributed by atoms with E-state index in [4.69, 9.17) is 4.98 Å². The molecule has 1 aliphatic heterocycles. The molecular weight excluding hydrogens is 360 g/mol. The van der Waals surface area contributed by atoms with E-state index in [1.54, 1.807) is 18.4 Å². The van der Waals surface area contributed by atoms with E-state index in [9.17, 15) is 4.21 Å². The molecule has 4 rings (SSSR count). The van der Waals surface area contributed by atoms with E-state index >= 15 is 0 Å². The largest absolute Gasteiger partial charge is 0.356 e. The van der Waals surface area contributed by atoms with Crippen LogP contribution in [0.3, 0.4) is 0 Å². The summed E-state index contributed by atoms with van der Waals surface area (Å²) < 4.78 is 15.7. The third kappa shape index (κ3) is 3.68. The first kappa shape index (κ1) is 17.9. The van der Waals surface area contributed by atoms with Gasteiger partial charge in [0.15, 0.2) is 5.65 Å². The molecule has 1 aromatic carbocycles. The fourth-order valence-electron chi connectivity index (χ4n) is 3.29. The highest BCUT2D eigenvalue weighted by Crippen LogP contribution is 2.26. The minimum absolute atomic E-state index is 0.776. The summed E-state index contributed by atoms with van der Waals surface area (Å²) in [7, 11) is 2.46. The first-order chi connectivity index (χ1) is 13.0. The van der Waals surface area contributed by atoms with E-state index in [1.807, 2.05) is 41.8 Å². The van der Waals surface area contributed by atoms with Crippen LogP contribution in [0.2, 0.25) is 0 Å². The highest BCUT2D eigenvalue weighted by molar-refractivity contribution is 7.82. The van der Waals surface area contributed by atoms with E-state index in [0.29, 0.717) is 0 Å². The molecule has 0 saturated carbocycles. The van der Waals surface area contributed by atoms with Crippen LogP contribution in [0.4, 0.5) is 17.3 Å². The number of nitrogens with one attached hydrogen (secondary N) is 1. The molecule has 0 radical (unpaired) electrons. The van der Waals surface area contributed by atoms with Gasteiger partial charge in [-0.25, -0.2) is 13.5 Å². The normalized spacial score (nSPS) is 15.6. The van der Waals surface area contributed by atoms with E-state index < -0.39 is 11.0 Å². The zero-order valence-corrected chi connectivity index (χ0v) is 16.7. The SMILES string of the molecule is Cc1cc2nc(N3CCCC3)cc(Nc3ccc(S(=O)N(C)C)cc3)n2n1. The number of hydrogen-bond donors (Lipinski definition) is 1. The van der Waals surface area contributed by atoms with Crippen LogP contribution in [0.1, 0.15) is 18.5 Å². The second-order valence-corrected chi connectivity index (χ2v) is 8.66. The van der Waals surface area contributed by atoms with Crippen molar-refractivity contribution >= 4 is 34.0 Å². The average Bonchev–Trinajstić information content (AvgIpc) is 3.30. The van der Waals surface area contributed by atoms with Crippen LogP contribution in [0.25, 0.3) is 5.65 Å². The average molecular weight is 385 g/mol. The maximum Gasteiger partial charge on any atom is 0.160 e. The first-order valence-corrected chi connectivity index (χ1v) is 10.2. The van der Waals surface area contributed by atoms with Gasteiger partial charge in [-0.3, -0.25) is 0 Å². The van der Waals surface area contributed by atoms with Gasteiger partial charge >= 0.3 is 0 Å². The number of benzene rings is 1. The summed E-state index contributed by atoms with van der Waals surface area (Å²) >= 11 is 0. The van der Waals surface area contributed by atoms with E-state index in [-0.39, 0.29) is 0 Å². The van der Waals surface area contributed by atoms with Gasteiger partial charge in [-0.05, 0) is 58.1 Å². The Bertz CT molecular complexity index is 976. The molecule has 2 aromatic heterocycles. The van der Waals surface area contributed by atoms with Crippen molar-refractivity contribution in [3.05, 3.63) is 42.1 Å². The summed E-state index contributed by atoms with van der Waals surface area (Å²) in [6.07, 6.45) is 2.41. The fourth-order valence-corrected chi connectivity index (χ4v) is 4.08. The van der Waals surface area contributed by atoms with Gasteiger partial charge in [0, 0.05) is 30.9 Å². The Kier molecular flexibility index (Phi) is 4.84. The molecule has 1 fully saturated rings. The van der Waals surface area contributed by atoms with Gasteiger partial charge < -0.3 is 10.2 Å². The van der Waals surface area contributed by atoms with Crippen molar-refractivity contribution in [2.45, 2.75) is 24.7 Å². The fraction of sp³-hybridized carbons (Fsp3) is 0.368. The summed E-state index contributed by atoms with van der Waals surface area (Å²) in [5.74, 6) is 1.85. The maximum atomic E-state index is 12.2. The van der Waals surface area contributed by atoms with Crippen molar-refractivity contribution in [3.8, 4) is 0 Å². The first-order valence-electron chi connectivity index (χ1n) is 9.10. The molecule has 7 nitrogen and oxygen atoms in total. The molecular formula is C19H24N6OS. The molecule has 1 N–H and O–H groups in total. The molecule has 142 valence electrons. The minimum atomic E-state index is -1.14. The van der Waals surface area contributed by atoms with Crippen LogP contribution in [0.15, 0.2) is 41.3 Å². The summed E-state index contributed by atoms with van der Waals surface area (Å²) in [6, 6.07) is 11.7. The van der Waals surface area contributed by atoms with Crippen molar-refractivity contribution in [3.63, 3.8) is 0 Å². The van der Waals surface area contributed by atoms with E-state index in [0.717, 1.165) is 46.6 Å². The third-order valence-corrected chi connectivity index (χ3v) is 5.96. The van der Waals surface area contributed by atoms with E-state index in [1.165, 1.54) is 12.8 Å². The maximum absolute atomic E-state index is 12.2. The number of fused-ring (bicyclic) bond motifs is 1. The van der Waals surface area contributed by atoms with Crippen LogP contribution in [0, 0.1) is 6.92 Å². The lowest BCUT2D eigenvalue weighted by Crippen LogP contribution is -2.19. The highest BCUT2D eigenvalue weighted by Gasteiger charge is 2.17. The minimum Gasteiger partial charge on any atom is -0.356 e. The summed E-state index contributed by atoms with van der Waals surface area (Å²) in [4.78, 5) is 7.87. The quantitative estimate of drug-likeness (QED) is 0.733. The number of rotatable bonds is 5. The Morgan fingerprint density at radius 1 is 1.11 bits per heavy atom. The number of anilines is 3. The molecule has 0 amide bonds. The summed E-state index contributed by atoms with van der Waals surface area (Å²) in [5.41, 5.74) is 2.69. The smallest absolute Gasteiger partial charge is 0.160 e. The Morgan fingerprint density at radius 3 is 2.48 bits per heavy atom. The summed E-state index contributed by atoms with van der Waals surface area (Å²) in [5, 5.41) is 8.00. The molecule has 1 unspecified atom stereocenters. The zero-order valence-electron chi connectivity index (χ0n) is 15.8. The number of hydrogen-bond acceptors (Lipinski definition) is 5. The molecule has 0 aliphatic carbocycles. The van der Waals surface area contributed by atoms with Crippen LogP contribution in [0.5, 0.6) is 0 Å². The van der Waals surface area contributed by atoms with Crippen LogP contribution < -0.4 is 10.2 Å². The van der Waals surface area contributed by atoms with Crippen LogP contribution in [-0.2, 0) is 11.0 Å². The van der Waals surface area contributed by atoms with Gasteiger partial charge in [0.2, 0.25) is 0 Å². The standard InChI is InChI=1S/C19H24N6OS/c1-14-12-18-21-17(24-10-4-5-11-24)13-19(25(18)22-14)20-15-6-8-16(9-7-15)27(26)23(2)3/h6-9,12-13,20H,4-5,10-11H2,1-3H3. The second kappa shape index (κ2) is 7.28. The van der Waals surface area contributed by atoms with Crippen molar-refractivity contribution in [1.82, 2.24) is 18.9 Å². The van der Waals surface area contributed by atoms with Gasteiger partial charge in [-0.1, -0.05) is 0 Å². The van der Waals surface area contributed by atoms with Gasteiger partial charge in [0.05, 0.1) is 10.6 Å². The Labute approximate surface area is 161 Å². The second-order valence-electron chi connectivity index (χ2n) is 6.96. The molecule has 1 saturated heterocycles. The van der Waals surface area contributed by atoms with Gasteiger partial charge in [0.1, 0.15) is 22.6 Å². The topological polar surface area (TPSA) is 65.8 Å². The monoisotopic (exact) mass is 384 g/mol. The van der Waals surface area contributed by atoms with E-state index in [2.05, 4.69) is 21.4 Å². The predicted octanol–water partition coefficient (Wildman–Crippen LogP) is 2.97. The predicted molar refractivity (Wildman–Crippen MR) is 109 cm³/mol. The number of aryl methyl sites for hydroxylation is 1. The number of nitrogens with zero attached hydrogens (tertiary/aromatic N) is 5. The molecule has 3 heterocycles. The van der Waals surface area contributed by atoms with Crippen molar-refractivity contribution in [2.24, 2.45) is 0 Å². The van der Waals surface area contributed by atoms with Crippen molar-refractivity contribution < 1.29 is 4.21 Å². The number of aromatic nitrogens is 3. The lowest BCUT2D eigenvalue weighted by Gasteiger charge is -2.18. The van der Waals surface area contributed by atoms with Gasteiger partial charge in [-0.15, -0.1) is 0 Å². The Morgan fingerprint density at radius 2 is 1.81 bits per heavy atom. The molecule has 3 aromatic rings.